The van der Waals surface area contributed by atoms with Crippen LogP contribution in [0.4, 0.5) is 0 Å². The number of carbonyl (C=O) groups excluding carboxylic acids is 4. The SMILES string of the molecule is NC(=O)CCC(NC(=O)C(Cc1c[nH]c2ccccc12)NC(=O)C(Cc1c[nH]c2ccccc12)NC(=O)C(N)CCCN=C(N)N)C(=O)O. The maximum absolute atomic E-state index is 14.1. The van der Waals surface area contributed by atoms with E-state index in [1.54, 1.807) is 12.4 Å². The summed E-state index contributed by atoms with van der Waals surface area (Å²) >= 11 is 0. The first-order valence-corrected chi connectivity index (χ1v) is 15.8. The van der Waals surface area contributed by atoms with Crippen LogP contribution in [-0.4, -0.2) is 81.3 Å². The molecule has 0 aliphatic heterocycles. The molecule has 4 unspecified atom stereocenters. The Bertz CT molecular complexity index is 1830. The number of amides is 4. The zero-order valence-electron chi connectivity index (χ0n) is 26.8. The number of aromatic amines is 2. The molecule has 14 N–H and O–H groups in total. The lowest BCUT2D eigenvalue weighted by atomic mass is 10.0. The molecule has 49 heavy (non-hydrogen) atoms. The van der Waals surface area contributed by atoms with Gasteiger partial charge < -0.3 is 54.0 Å². The minimum atomic E-state index is -1.44. The van der Waals surface area contributed by atoms with Gasteiger partial charge in [-0.25, -0.2) is 4.79 Å². The summed E-state index contributed by atoms with van der Waals surface area (Å²) in [6.07, 6.45) is 3.58. The lowest BCUT2D eigenvalue weighted by Crippen LogP contribution is -2.58. The minimum Gasteiger partial charge on any atom is -0.480 e. The van der Waals surface area contributed by atoms with Crippen molar-refractivity contribution in [3.05, 3.63) is 72.1 Å². The van der Waals surface area contributed by atoms with Gasteiger partial charge >= 0.3 is 5.97 Å². The van der Waals surface area contributed by atoms with E-state index in [-0.39, 0.29) is 44.6 Å². The maximum atomic E-state index is 14.1. The number of carbonyl (C=O) groups is 5. The second kappa shape index (κ2) is 16.8. The molecule has 4 atom stereocenters. The molecule has 4 amide bonds. The van der Waals surface area contributed by atoms with Gasteiger partial charge in [-0.1, -0.05) is 36.4 Å². The quantitative estimate of drug-likeness (QED) is 0.0373. The Morgan fingerprint density at radius 3 is 1.69 bits per heavy atom. The van der Waals surface area contributed by atoms with E-state index in [2.05, 4.69) is 30.9 Å². The number of guanidine groups is 1. The molecule has 260 valence electrons. The second-order valence-corrected chi connectivity index (χ2v) is 11.7. The Labute approximate surface area is 281 Å². The van der Waals surface area contributed by atoms with E-state index in [4.69, 9.17) is 22.9 Å². The number of carboxylic acid groups (broad SMARTS) is 1. The highest BCUT2D eigenvalue weighted by atomic mass is 16.4. The molecular formula is C33H42N10O6. The van der Waals surface area contributed by atoms with Gasteiger partial charge in [-0.15, -0.1) is 0 Å². The third-order valence-electron chi connectivity index (χ3n) is 8.06. The number of nitrogens with zero attached hydrogens (tertiary/aromatic N) is 1. The van der Waals surface area contributed by atoms with Crippen LogP contribution in [0.1, 0.15) is 36.8 Å². The number of nitrogens with two attached hydrogens (primary N) is 4. The van der Waals surface area contributed by atoms with Crippen molar-refractivity contribution in [1.82, 2.24) is 25.9 Å². The summed E-state index contributed by atoms with van der Waals surface area (Å²) < 4.78 is 0. The second-order valence-electron chi connectivity index (χ2n) is 11.7. The van der Waals surface area contributed by atoms with Crippen LogP contribution in [0.2, 0.25) is 0 Å². The van der Waals surface area contributed by atoms with Crippen LogP contribution in [0.25, 0.3) is 21.8 Å². The number of aliphatic imine (C=N–C) groups is 1. The number of H-pyrrole nitrogens is 2. The summed E-state index contributed by atoms with van der Waals surface area (Å²) in [6, 6.07) is 9.92. The van der Waals surface area contributed by atoms with E-state index >= 15 is 0 Å². The number of nitrogens with one attached hydrogen (secondary N) is 5. The highest BCUT2D eigenvalue weighted by Crippen LogP contribution is 2.21. The molecule has 0 aliphatic rings. The van der Waals surface area contributed by atoms with E-state index in [0.29, 0.717) is 12.0 Å². The van der Waals surface area contributed by atoms with Crippen molar-refractivity contribution in [1.29, 1.82) is 0 Å². The average Bonchev–Trinajstić information content (AvgIpc) is 3.67. The summed E-state index contributed by atoms with van der Waals surface area (Å²) in [5, 5.41) is 19.3. The van der Waals surface area contributed by atoms with Crippen molar-refractivity contribution in [2.24, 2.45) is 27.9 Å². The number of fused-ring (bicyclic) bond motifs is 2. The van der Waals surface area contributed by atoms with Crippen LogP contribution in [0, 0.1) is 0 Å². The molecule has 0 saturated carbocycles. The number of rotatable bonds is 18. The number of carboxylic acids is 1. The molecule has 0 fully saturated rings. The monoisotopic (exact) mass is 674 g/mol. The van der Waals surface area contributed by atoms with E-state index in [1.165, 1.54) is 0 Å². The van der Waals surface area contributed by atoms with E-state index in [9.17, 15) is 29.1 Å². The molecule has 16 nitrogen and oxygen atoms in total. The molecular weight excluding hydrogens is 632 g/mol. The third kappa shape index (κ3) is 10.0. The molecule has 0 radical (unpaired) electrons. The Balaban J connectivity index is 1.61. The molecule has 0 aliphatic carbocycles. The largest absolute Gasteiger partial charge is 0.480 e. The van der Waals surface area contributed by atoms with Crippen molar-refractivity contribution in [3.8, 4) is 0 Å². The lowest BCUT2D eigenvalue weighted by Gasteiger charge is -2.25. The predicted octanol–water partition coefficient (Wildman–Crippen LogP) is -0.380. The van der Waals surface area contributed by atoms with Gasteiger partial charge in [-0.05, 0) is 42.5 Å². The third-order valence-corrected chi connectivity index (χ3v) is 8.06. The van der Waals surface area contributed by atoms with Crippen LogP contribution in [0.15, 0.2) is 65.9 Å². The molecule has 2 aromatic carbocycles. The number of primary amides is 1. The van der Waals surface area contributed by atoms with Gasteiger partial charge in [0.2, 0.25) is 23.6 Å². The Morgan fingerprint density at radius 2 is 1.20 bits per heavy atom. The summed E-state index contributed by atoms with van der Waals surface area (Å²) in [7, 11) is 0. The van der Waals surface area contributed by atoms with Gasteiger partial charge in [-0.3, -0.25) is 24.2 Å². The standard InChI is InChI=1S/C33H42N10O6/c34-22(8-5-13-38-33(36)37)29(45)42-26(14-18-16-39-23-9-3-1-6-20(18)23)31(47)43-27(15-19-17-40-24-10-4-2-7-21(19)24)30(46)41-25(32(48)49)11-12-28(35)44/h1-4,6-7,9-10,16-17,22,25-27,39-40H,5,8,11-15,34H2,(H2,35,44)(H,41,46)(H,42,45)(H,43,47)(H,48,49)(H4,36,37,38). The summed E-state index contributed by atoms with van der Waals surface area (Å²) in [5.74, 6) is -4.28. The van der Waals surface area contributed by atoms with Gasteiger partial charge in [0.1, 0.15) is 18.1 Å². The molecule has 0 saturated heterocycles. The number of benzene rings is 2. The summed E-state index contributed by atoms with van der Waals surface area (Å²) in [4.78, 5) is 74.5. The number of aromatic nitrogens is 2. The first-order valence-electron chi connectivity index (χ1n) is 15.8. The van der Waals surface area contributed by atoms with Gasteiger partial charge in [0.15, 0.2) is 5.96 Å². The molecule has 0 bridgehead atoms. The zero-order valence-corrected chi connectivity index (χ0v) is 26.8. The Morgan fingerprint density at radius 1 is 0.714 bits per heavy atom. The van der Waals surface area contributed by atoms with E-state index in [1.807, 2.05) is 48.5 Å². The number of hydrogen-bond acceptors (Lipinski definition) is 7. The molecule has 2 aromatic heterocycles. The fourth-order valence-electron chi connectivity index (χ4n) is 5.48. The van der Waals surface area contributed by atoms with Crippen LogP contribution >= 0.6 is 0 Å². The van der Waals surface area contributed by atoms with Crippen LogP contribution < -0.4 is 38.9 Å². The van der Waals surface area contributed by atoms with Crippen molar-refractivity contribution in [3.63, 3.8) is 0 Å². The first kappa shape index (κ1) is 35.9. The molecule has 16 heteroatoms. The first-order chi connectivity index (χ1) is 23.4. The highest BCUT2D eigenvalue weighted by Gasteiger charge is 2.31. The fourth-order valence-corrected chi connectivity index (χ4v) is 5.48. The predicted molar refractivity (Wildman–Crippen MR) is 184 cm³/mol. The van der Waals surface area contributed by atoms with Crippen molar-refractivity contribution >= 4 is 57.4 Å². The Hall–Kier alpha value is -5.90. The summed E-state index contributed by atoms with van der Waals surface area (Å²) in [6.45, 7) is 0.268. The minimum absolute atomic E-state index is 0.0260. The highest BCUT2D eigenvalue weighted by molar-refractivity contribution is 5.95. The van der Waals surface area contributed by atoms with E-state index < -0.39 is 53.8 Å². The van der Waals surface area contributed by atoms with Crippen LogP contribution in [-0.2, 0) is 36.8 Å². The molecule has 4 aromatic rings. The molecule has 0 spiro atoms. The Kier molecular flexibility index (Phi) is 12.3. The van der Waals surface area contributed by atoms with Crippen LogP contribution in [0.5, 0.6) is 0 Å². The summed E-state index contributed by atoms with van der Waals surface area (Å²) in [5.41, 5.74) is 25.1. The van der Waals surface area contributed by atoms with Gasteiger partial charge in [0.05, 0.1) is 6.04 Å². The van der Waals surface area contributed by atoms with Gasteiger partial charge in [0.25, 0.3) is 0 Å². The number of aliphatic carboxylic acids is 1. The lowest BCUT2D eigenvalue weighted by molar-refractivity contribution is -0.142. The zero-order chi connectivity index (χ0) is 35.5. The van der Waals surface area contributed by atoms with E-state index in [0.717, 1.165) is 27.4 Å². The van der Waals surface area contributed by atoms with Gasteiger partial charge in [-0.2, -0.15) is 0 Å². The average molecular weight is 675 g/mol. The topological polar surface area (TPSA) is 290 Å². The van der Waals surface area contributed by atoms with Crippen molar-refractivity contribution in [2.45, 2.75) is 62.7 Å². The van der Waals surface area contributed by atoms with Gasteiger partial charge in [0, 0.05) is 60.0 Å². The van der Waals surface area contributed by atoms with Crippen molar-refractivity contribution in [2.75, 3.05) is 6.54 Å². The number of hydrogen-bond donors (Lipinski definition) is 10. The maximum Gasteiger partial charge on any atom is 0.326 e. The fraction of sp³-hybridized carbons (Fsp3) is 0.333. The molecule has 2 heterocycles. The number of para-hydroxylation sites is 2. The van der Waals surface area contributed by atoms with Crippen molar-refractivity contribution < 1.29 is 29.1 Å². The normalized spacial score (nSPS) is 13.6. The molecule has 4 rings (SSSR count). The smallest absolute Gasteiger partial charge is 0.326 e. The van der Waals surface area contributed by atoms with Crippen LogP contribution in [0.3, 0.4) is 0 Å².